The summed E-state index contributed by atoms with van der Waals surface area (Å²) < 4.78 is 6.04. The number of carbonyl (C=O) groups is 1. The standard InChI is InChI=1S/C18H23Cl2NO2S/c1-10(2)16-21(15(22)11-5-6-11)17(18(3,4)24-16)23-14-8-7-12(19)9-13(14)20/h7-11,16-17H,5-6H2,1-4H3. The molecule has 0 radical (unpaired) electrons. The van der Waals surface area contributed by atoms with Crippen molar-refractivity contribution < 1.29 is 9.53 Å². The van der Waals surface area contributed by atoms with E-state index < -0.39 is 0 Å². The minimum Gasteiger partial charge on any atom is -0.467 e. The first-order valence-corrected chi connectivity index (χ1v) is 9.96. The van der Waals surface area contributed by atoms with Gasteiger partial charge in [-0.25, -0.2) is 0 Å². The van der Waals surface area contributed by atoms with Crippen molar-refractivity contribution in [1.82, 2.24) is 4.90 Å². The fourth-order valence-electron chi connectivity index (χ4n) is 3.02. The van der Waals surface area contributed by atoms with Gasteiger partial charge in [-0.2, -0.15) is 0 Å². The van der Waals surface area contributed by atoms with E-state index >= 15 is 0 Å². The molecule has 1 aliphatic heterocycles. The summed E-state index contributed by atoms with van der Waals surface area (Å²) in [6.07, 6.45) is 1.63. The summed E-state index contributed by atoms with van der Waals surface area (Å²) in [5.74, 6) is 1.29. The fourth-order valence-corrected chi connectivity index (χ4v) is 4.98. The quantitative estimate of drug-likeness (QED) is 0.688. The van der Waals surface area contributed by atoms with E-state index in [1.807, 2.05) is 4.90 Å². The number of benzene rings is 1. The van der Waals surface area contributed by atoms with E-state index in [4.69, 9.17) is 27.9 Å². The van der Waals surface area contributed by atoms with Crippen LogP contribution in [0.5, 0.6) is 5.75 Å². The summed E-state index contributed by atoms with van der Waals surface area (Å²) in [6.45, 7) is 8.56. The highest BCUT2D eigenvalue weighted by molar-refractivity contribution is 8.01. The SMILES string of the molecule is CC(C)C1SC(C)(C)C(Oc2ccc(Cl)cc2Cl)N1C(=O)C1CC1. The normalized spacial score (nSPS) is 26.0. The third-order valence-electron chi connectivity index (χ3n) is 4.43. The molecule has 0 aromatic heterocycles. The van der Waals surface area contributed by atoms with Crippen molar-refractivity contribution in [3.63, 3.8) is 0 Å². The molecule has 1 amide bonds. The molecule has 0 bridgehead atoms. The Bertz CT molecular complexity index is 646. The maximum atomic E-state index is 12.9. The molecule has 1 aromatic rings. The third-order valence-corrected chi connectivity index (χ3v) is 6.78. The molecule has 0 N–H and O–H groups in total. The number of halogens is 2. The number of thioether (sulfide) groups is 1. The molecule has 1 aromatic carbocycles. The number of nitrogens with zero attached hydrogens (tertiary/aromatic N) is 1. The lowest BCUT2D eigenvalue weighted by molar-refractivity contribution is -0.143. The summed E-state index contributed by atoms with van der Waals surface area (Å²) >= 11 is 14.1. The smallest absolute Gasteiger partial charge is 0.229 e. The Balaban J connectivity index is 1.93. The van der Waals surface area contributed by atoms with E-state index in [2.05, 4.69) is 27.7 Å². The lowest BCUT2D eigenvalue weighted by Crippen LogP contribution is -2.50. The first-order valence-electron chi connectivity index (χ1n) is 8.32. The molecule has 2 fully saturated rings. The molecule has 3 rings (SSSR count). The Kier molecular flexibility index (Phi) is 5.03. The van der Waals surface area contributed by atoms with Crippen LogP contribution < -0.4 is 4.74 Å². The van der Waals surface area contributed by atoms with Gasteiger partial charge in [0.2, 0.25) is 5.91 Å². The monoisotopic (exact) mass is 387 g/mol. The van der Waals surface area contributed by atoms with Gasteiger partial charge < -0.3 is 4.74 Å². The number of rotatable bonds is 4. The highest BCUT2D eigenvalue weighted by atomic mass is 35.5. The van der Waals surface area contributed by atoms with Crippen molar-refractivity contribution in [2.24, 2.45) is 11.8 Å². The van der Waals surface area contributed by atoms with E-state index in [1.54, 1.807) is 30.0 Å². The zero-order valence-electron chi connectivity index (χ0n) is 14.4. The molecule has 24 heavy (non-hydrogen) atoms. The largest absolute Gasteiger partial charge is 0.467 e. The number of carbonyl (C=O) groups excluding carboxylic acids is 1. The maximum Gasteiger partial charge on any atom is 0.229 e. The predicted molar refractivity (Wildman–Crippen MR) is 101 cm³/mol. The Labute approximate surface area is 158 Å². The van der Waals surface area contributed by atoms with Crippen LogP contribution in [0.3, 0.4) is 0 Å². The van der Waals surface area contributed by atoms with Crippen molar-refractivity contribution >= 4 is 40.9 Å². The average molecular weight is 388 g/mol. The Morgan fingerprint density at radius 2 is 2.00 bits per heavy atom. The van der Waals surface area contributed by atoms with Crippen LogP contribution in [0.25, 0.3) is 0 Å². The van der Waals surface area contributed by atoms with Crippen LogP contribution in [-0.2, 0) is 4.79 Å². The van der Waals surface area contributed by atoms with Crippen molar-refractivity contribution in [1.29, 1.82) is 0 Å². The van der Waals surface area contributed by atoms with Crippen molar-refractivity contribution in [2.45, 2.75) is 56.9 Å². The Hall–Kier alpha value is -0.580. The van der Waals surface area contributed by atoms with Gasteiger partial charge in [0.05, 0.1) is 15.1 Å². The van der Waals surface area contributed by atoms with E-state index in [9.17, 15) is 4.79 Å². The van der Waals surface area contributed by atoms with Crippen LogP contribution in [0.2, 0.25) is 10.0 Å². The average Bonchev–Trinajstić information content (AvgIpc) is 3.28. The van der Waals surface area contributed by atoms with Gasteiger partial charge in [-0.1, -0.05) is 37.0 Å². The van der Waals surface area contributed by atoms with Gasteiger partial charge in [-0.05, 0) is 50.8 Å². The summed E-state index contributed by atoms with van der Waals surface area (Å²) in [4.78, 5) is 14.9. The minimum atomic E-state index is -0.346. The Morgan fingerprint density at radius 1 is 1.33 bits per heavy atom. The maximum absolute atomic E-state index is 12.9. The molecule has 132 valence electrons. The fraction of sp³-hybridized carbons (Fsp3) is 0.611. The number of hydrogen-bond acceptors (Lipinski definition) is 3. The van der Waals surface area contributed by atoms with E-state index in [-0.39, 0.29) is 28.2 Å². The summed E-state index contributed by atoms with van der Waals surface area (Å²) in [5, 5.41) is 1.15. The van der Waals surface area contributed by atoms with Crippen LogP contribution >= 0.6 is 35.0 Å². The first kappa shape index (κ1) is 18.2. The highest BCUT2D eigenvalue weighted by Gasteiger charge is 2.54. The second kappa shape index (κ2) is 6.62. The van der Waals surface area contributed by atoms with Gasteiger partial charge in [0, 0.05) is 10.9 Å². The van der Waals surface area contributed by atoms with E-state index in [0.717, 1.165) is 12.8 Å². The van der Waals surface area contributed by atoms with Crippen molar-refractivity contribution in [3.8, 4) is 5.75 Å². The molecular weight excluding hydrogens is 365 g/mol. The van der Waals surface area contributed by atoms with E-state index in [0.29, 0.717) is 21.7 Å². The predicted octanol–water partition coefficient (Wildman–Crippen LogP) is 5.44. The first-order chi connectivity index (χ1) is 11.2. The third kappa shape index (κ3) is 3.51. The second-order valence-electron chi connectivity index (χ2n) is 7.42. The van der Waals surface area contributed by atoms with Gasteiger partial charge >= 0.3 is 0 Å². The van der Waals surface area contributed by atoms with Gasteiger partial charge in [0.1, 0.15) is 5.75 Å². The molecule has 1 aliphatic carbocycles. The van der Waals surface area contributed by atoms with Crippen LogP contribution in [-0.4, -0.2) is 27.2 Å². The molecule has 2 unspecified atom stereocenters. The van der Waals surface area contributed by atoms with Gasteiger partial charge in [-0.3, -0.25) is 9.69 Å². The molecule has 2 aliphatic rings. The summed E-state index contributed by atoms with van der Waals surface area (Å²) in [7, 11) is 0. The number of amides is 1. The Morgan fingerprint density at radius 3 is 2.54 bits per heavy atom. The van der Waals surface area contributed by atoms with Gasteiger partial charge in [0.25, 0.3) is 0 Å². The lowest BCUT2D eigenvalue weighted by Gasteiger charge is -2.34. The molecule has 3 nitrogen and oxygen atoms in total. The summed E-state index contributed by atoms with van der Waals surface area (Å²) in [6, 6.07) is 5.19. The van der Waals surface area contributed by atoms with Crippen molar-refractivity contribution in [2.75, 3.05) is 0 Å². The molecule has 6 heteroatoms. The molecule has 2 atom stereocenters. The zero-order chi connectivity index (χ0) is 17.6. The lowest BCUT2D eigenvalue weighted by atomic mass is 10.1. The zero-order valence-corrected chi connectivity index (χ0v) is 16.7. The van der Waals surface area contributed by atoms with Crippen LogP contribution in [0.1, 0.15) is 40.5 Å². The molecule has 1 heterocycles. The minimum absolute atomic E-state index is 0.115. The molecule has 1 saturated heterocycles. The van der Waals surface area contributed by atoms with Crippen molar-refractivity contribution in [3.05, 3.63) is 28.2 Å². The van der Waals surface area contributed by atoms with Crippen LogP contribution in [0.4, 0.5) is 0 Å². The van der Waals surface area contributed by atoms with Gasteiger partial charge in [-0.15, -0.1) is 11.8 Å². The van der Waals surface area contributed by atoms with E-state index in [1.165, 1.54) is 0 Å². The molecule has 0 spiro atoms. The van der Waals surface area contributed by atoms with Crippen LogP contribution in [0.15, 0.2) is 18.2 Å². The number of hydrogen-bond donors (Lipinski definition) is 0. The highest BCUT2D eigenvalue weighted by Crippen LogP contribution is 2.50. The molecular formula is C18H23Cl2NO2S. The number of ether oxygens (including phenoxy) is 1. The summed E-state index contributed by atoms with van der Waals surface area (Å²) in [5.41, 5.74) is 0. The topological polar surface area (TPSA) is 29.5 Å². The van der Waals surface area contributed by atoms with Crippen LogP contribution in [0, 0.1) is 11.8 Å². The second-order valence-corrected chi connectivity index (χ2v) is 10.0. The van der Waals surface area contributed by atoms with Gasteiger partial charge in [0.15, 0.2) is 6.23 Å². The molecule has 1 saturated carbocycles.